The molecule has 0 atom stereocenters. The fraction of sp³-hybridized carbons (Fsp3) is 0.250. The molecule has 3 nitrogen and oxygen atoms in total. The number of hydrogen-bond donors (Lipinski definition) is 1. The van der Waals surface area contributed by atoms with Crippen molar-refractivity contribution in [2.45, 2.75) is 13.5 Å². The molecule has 0 aliphatic heterocycles. The molecule has 2 aromatic rings. The predicted molar refractivity (Wildman–Crippen MR) is 59.3 cm³/mol. The standard InChI is InChI=1S/C12H14N2O/c1-9-3-4-10(8-15)7-11(9)12-5-6-13-14(12)2/h3-7,15H,8H2,1-2H3. The minimum atomic E-state index is 0.0745. The Morgan fingerprint density at radius 1 is 1.33 bits per heavy atom. The number of aryl methyl sites for hydroxylation is 2. The molecular weight excluding hydrogens is 188 g/mol. The van der Waals surface area contributed by atoms with Crippen LogP contribution in [-0.2, 0) is 13.7 Å². The summed E-state index contributed by atoms with van der Waals surface area (Å²) in [5.41, 5.74) is 4.32. The van der Waals surface area contributed by atoms with Crippen molar-refractivity contribution in [2.75, 3.05) is 0 Å². The second-order valence-electron chi connectivity index (χ2n) is 3.65. The van der Waals surface area contributed by atoms with Crippen molar-refractivity contribution < 1.29 is 5.11 Å². The van der Waals surface area contributed by atoms with Crippen LogP contribution in [0.4, 0.5) is 0 Å². The highest BCUT2D eigenvalue weighted by Gasteiger charge is 2.06. The highest BCUT2D eigenvalue weighted by Crippen LogP contribution is 2.23. The Bertz CT molecular complexity index is 474. The quantitative estimate of drug-likeness (QED) is 0.807. The van der Waals surface area contributed by atoms with E-state index in [1.807, 2.05) is 36.0 Å². The first-order valence-corrected chi connectivity index (χ1v) is 4.91. The van der Waals surface area contributed by atoms with Gasteiger partial charge in [0.2, 0.25) is 0 Å². The lowest BCUT2D eigenvalue weighted by atomic mass is 10.0. The monoisotopic (exact) mass is 202 g/mol. The average molecular weight is 202 g/mol. The van der Waals surface area contributed by atoms with Gasteiger partial charge >= 0.3 is 0 Å². The number of rotatable bonds is 2. The SMILES string of the molecule is Cc1ccc(CO)cc1-c1ccnn1C. The molecule has 1 N–H and O–H groups in total. The highest BCUT2D eigenvalue weighted by atomic mass is 16.3. The van der Waals surface area contributed by atoms with Gasteiger partial charge in [0.05, 0.1) is 12.3 Å². The summed E-state index contributed by atoms with van der Waals surface area (Å²) < 4.78 is 1.84. The summed E-state index contributed by atoms with van der Waals surface area (Å²) in [4.78, 5) is 0. The maximum absolute atomic E-state index is 9.10. The third-order valence-electron chi connectivity index (χ3n) is 2.58. The maximum Gasteiger partial charge on any atom is 0.0682 e. The summed E-state index contributed by atoms with van der Waals surface area (Å²) in [6, 6.07) is 7.94. The molecule has 1 aromatic carbocycles. The van der Waals surface area contributed by atoms with Gasteiger partial charge in [0.15, 0.2) is 0 Å². The molecule has 1 aromatic heterocycles. The summed E-state index contributed by atoms with van der Waals surface area (Å²) >= 11 is 0. The van der Waals surface area contributed by atoms with Crippen molar-refractivity contribution >= 4 is 0 Å². The third kappa shape index (κ3) is 1.78. The second-order valence-corrected chi connectivity index (χ2v) is 3.65. The highest BCUT2D eigenvalue weighted by molar-refractivity contribution is 5.64. The van der Waals surface area contributed by atoms with Crippen molar-refractivity contribution in [2.24, 2.45) is 7.05 Å². The number of benzene rings is 1. The van der Waals surface area contributed by atoms with E-state index in [1.165, 1.54) is 5.56 Å². The molecule has 0 aliphatic carbocycles. The molecule has 0 aliphatic rings. The van der Waals surface area contributed by atoms with Gasteiger partial charge < -0.3 is 5.11 Å². The van der Waals surface area contributed by atoms with E-state index < -0.39 is 0 Å². The lowest BCUT2D eigenvalue weighted by Gasteiger charge is -2.07. The Morgan fingerprint density at radius 3 is 2.73 bits per heavy atom. The molecular formula is C12H14N2O. The van der Waals surface area contributed by atoms with Crippen LogP contribution in [0.15, 0.2) is 30.5 Å². The lowest BCUT2D eigenvalue weighted by molar-refractivity contribution is 0.282. The predicted octanol–water partition coefficient (Wildman–Crippen LogP) is 1.89. The molecule has 15 heavy (non-hydrogen) atoms. The Labute approximate surface area is 89.0 Å². The van der Waals surface area contributed by atoms with Crippen LogP contribution in [-0.4, -0.2) is 14.9 Å². The van der Waals surface area contributed by atoms with Crippen LogP contribution >= 0.6 is 0 Å². The van der Waals surface area contributed by atoms with E-state index in [9.17, 15) is 0 Å². The van der Waals surface area contributed by atoms with Crippen LogP contribution in [0.1, 0.15) is 11.1 Å². The van der Waals surface area contributed by atoms with Crippen molar-refractivity contribution in [1.82, 2.24) is 9.78 Å². The van der Waals surface area contributed by atoms with E-state index in [-0.39, 0.29) is 6.61 Å². The molecule has 0 bridgehead atoms. The molecule has 2 rings (SSSR count). The zero-order chi connectivity index (χ0) is 10.8. The average Bonchev–Trinajstić information content (AvgIpc) is 2.65. The molecule has 78 valence electrons. The van der Waals surface area contributed by atoms with Gasteiger partial charge in [0.1, 0.15) is 0 Å². The van der Waals surface area contributed by atoms with E-state index in [0.717, 1.165) is 16.8 Å². The molecule has 0 spiro atoms. The number of aliphatic hydroxyl groups is 1. The van der Waals surface area contributed by atoms with E-state index in [2.05, 4.69) is 12.0 Å². The zero-order valence-corrected chi connectivity index (χ0v) is 8.94. The zero-order valence-electron chi connectivity index (χ0n) is 8.94. The van der Waals surface area contributed by atoms with E-state index in [4.69, 9.17) is 5.11 Å². The Hall–Kier alpha value is -1.61. The molecule has 0 saturated carbocycles. The Kier molecular flexibility index (Phi) is 2.56. The largest absolute Gasteiger partial charge is 0.392 e. The molecule has 0 saturated heterocycles. The smallest absolute Gasteiger partial charge is 0.0682 e. The van der Waals surface area contributed by atoms with Gasteiger partial charge in [-0.2, -0.15) is 5.10 Å². The molecule has 0 radical (unpaired) electrons. The first-order chi connectivity index (χ1) is 7.22. The van der Waals surface area contributed by atoms with Crippen molar-refractivity contribution in [3.05, 3.63) is 41.6 Å². The van der Waals surface area contributed by atoms with Gasteiger partial charge in [-0.25, -0.2) is 0 Å². The topological polar surface area (TPSA) is 38.1 Å². The van der Waals surface area contributed by atoms with Gasteiger partial charge in [-0.05, 0) is 30.2 Å². The Morgan fingerprint density at radius 2 is 2.13 bits per heavy atom. The van der Waals surface area contributed by atoms with E-state index in [1.54, 1.807) is 6.20 Å². The van der Waals surface area contributed by atoms with Gasteiger partial charge in [0.25, 0.3) is 0 Å². The second kappa shape index (κ2) is 3.87. The van der Waals surface area contributed by atoms with E-state index >= 15 is 0 Å². The number of nitrogens with zero attached hydrogens (tertiary/aromatic N) is 2. The third-order valence-corrected chi connectivity index (χ3v) is 2.58. The van der Waals surface area contributed by atoms with Gasteiger partial charge in [-0.3, -0.25) is 4.68 Å². The van der Waals surface area contributed by atoms with Crippen LogP contribution in [0.3, 0.4) is 0 Å². The van der Waals surface area contributed by atoms with Crippen molar-refractivity contribution in [3.63, 3.8) is 0 Å². The van der Waals surface area contributed by atoms with Crippen LogP contribution in [0.5, 0.6) is 0 Å². The number of aromatic nitrogens is 2. The van der Waals surface area contributed by atoms with Crippen LogP contribution in [0.2, 0.25) is 0 Å². The van der Waals surface area contributed by atoms with Crippen molar-refractivity contribution in [1.29, 1.82) is 0 Å². The van der Waals surface area contributed by atoms with Gasteiger partial charge in [-0.15, -0.1) is 0 Å². The summed E-state index contributed by atoms with van der Waals surface area (Å²) in [6.07, 6.45) is 1.78. The summed E-state index contributed by atoms with van der Waals surface area (Å²) in [5.74, 6) is 0. The Balaban J connectivity index is 2.56. The minimum Gasteiger partial charge on any atom is -0.392 e. The minimum absolute atomic E-state index is 0.0745. The van der Waals surface area contributed by atoms with Crippen LogP contribution in [0.25, 0.3) is 11.3 Å². The first kappa shape index (κ1) is 9.93. The molecule has 3 heteroatoms. The molecule has 0 unspecified atom stereocenters. The first-order valence-electron chi connectivity index (χ1n) is 4.91. The van der Waals surface area contributed by atoms with Crippen molar-refractivity contribution in [3.8, 4) is 11.3 Å². The molecule has 1 heterocycles. The number of aliphatic hydroxyl groups excluding tert-OH is 1. The van der Waals surface area contributed by atoms with Crippen LogP contribution < -0.4 is 0 Å². The summed E-state index contributed by atoms with van der Waals surface area (Å²) in [7, 11) is 1.92. The molecule has 0 fully saturated rings. The fourth-order valence-corrected chi connectivity index (χ4v) is 1.68. The van der Waals surface area contributed by atoms with Crippen LogP contribution in [0, 0.1) is 6.92 Å². The van der Waals surface area contributed by atoms with Gasteiger partial charge in [-0.1, -0.05) is 12.1 Å². The van der Waals surface area contributed by atoms with E-state index in [0.29, 0.717) is 0 Å². The molecule has 0 amide bonds. The number of hydrogen-bond acceptors (Lipinski definition) is 2. The maximum atomic E-state index is 9.10. The lowest BCUT2D eigenvalue weighted by Crippen LogP contribution is -1.96. The van der Waals surface area contributed by atoms with Gasteiger partial charge in [0, 0.05) is 18.8 Å². The normalized spacial score (nSPS) is 10.6. The summed E-state index contributed by atoms with van der Waals surface area (Å²) in [6.45, 7) is 2.13. The summed E-state index contributed by atoms with van der Waals surface area (Å²) in [5, 5.41) is 13.2. The fourth-order valence-electron chi connectivity index (χ4n) is 1.68.